The fourth-order valence-corrected chi connectivity index (χ4v) is 8.11. The van der Waals surface area contributed by atoms with Gasteiger partial charge >= 0.3 is 123 Å². The molecule has 2 aliphatic heterocycles. The number of nitrogens with two attached hydrogens (primary N) is 1. The van der Waals surface area contributed by atoms with Crippen LogP contribution < -0.4 is 23.0 Å². The minimum absolute atomic E-state index is 0.321. The third-order valence-electron chi connectivity index (χ3n) is 4.44. The van der Waals surface area contributed by atoms with Gasteiger partial charge in [-0.15, -0.1) is 0 Å². The molecule has 28 heavy (non-hydrogen) atoms. The van der Waals surface area contributed by atoms with Gasteiger partial charge in [0.05, 0.1) is 12.1 Å². The number of quaternary nitrogens is 1. The van der Waals surface area contributed by atoms with E-state index < -0.39 is 8.33 Å². The van der Waals surface area contributed by atoms with Gasteiger partial charge in [-0.05, 0) is 27.7 Å². The van der Waals surface area contributed by atoms with Crippen molar-refractivity contribution in [3.8, 4) is 23.0 Å². The predicted molar refractivity (Wildman–Crippen MR) is 113 cm³/mol. The maximum atomic E-state index is 6.22. The van der Waals surface area contributed by atoms with E-state index in [9.17, 15) is 0 Å². The Kier molecular flexibility index (Phi) is 5.64. The van der Waals surface area contributed by atoms with Gasteiger partial charge in [0.15, 0.2) is 0 Å². The van der Waals surface area contributed by atoms with Gasteiger partial charge in [0.25, 0.3) is 0 Å². The van der Waals surface area contributed by atoms with Crippen molar-refractivity contribution in [1.29, 1.82) is 0 Å². The Labute approximate surface area is 168 Å². The van der Waals surface area contributed by atoms with Crippen molar-refractivity contribution < 1.29 is 23.0 Å². The smallest absolute Gasteiger partial charge is 0.0803 e. The zero-order valence-corrected chi connectivity index (χ0v) is 18.8. The van der Waals surface area contributed by atoms with Gasteiger partial charge < -0.3 is 5.32 Å². The van der Waals surface area contributed by atoms with Crippen LogP contribution in [0, 0.1) is 5.92 Å². The van der Waals surface area contributed by atoms with Gasteiger partial charge in [-0.3, -0.25) is 0 Å². The summed E-state index contributed by atoms with van der Waals surface area (Å²) in [5.41, 5.74) is 0. The number of rotatable bonds is 4. The molecule has 0 fully saturated rings. The summed E-state index contributed by atoms with van der Waals surface area (Å²) < 4.78 is 24.9. The summed E-state index contributed by atoms with van der Waals surface area (Å²) in [6.07, 6.45) is 0. The maximum absolute atomic E-state index is 6.22. The van der Waals surface area contributed by atoms with Gasteiger partial charge in [-0.2, -0.15) is 0 Å². The molecule has 0 aromatic heterocycles. The molecule has 2 aromatic carbocycles. The van der Waals surface area contributed by atoms with Crippen LogP contribution in [0.5, 0.6) is 23.0 Å². The number of fused-ring (bicyclic) bond motifs is 2. The van der Waals surface area contributed by atoms with Crippen molar-refractivity contribution in [3.05, 3.63) is 48.5 Å². The first kappa shape index (κ1) is 20.5. The van der Waals surface area contributed by atoms with Crippen LogP contribution in [-0.4, -0.2) is 20.4 Å². The quantitative estimate of drug-likeness (QED) is 0.772. The van der Waals surface area contributed by atoms with E-state index in [2.05, 4.69) is 46.9 Å². The van der Waals surface area contributed by atoms with Gasteiger partial charge in [0.2, 0.25) is 0 Å². The Balaban J connectivity index is 0.000000279. The molecule has 6 heteroatoms. The van der Waals surface area contributed by atoms with Crippen LogP contribution in [0.4, 0.5) is 0 Å². The molecular weight excluding hydrogens is 370 g/mol. The molecule has 1 spiro atoms. The van der Waals surface area contributed by atoms with Crippen LogP contribution in [0.25, 0.3) is 0 Å². The SMILES string of the molecule is CC(C)C[Si-]12(Oc3ccccc3O1)Oc1ccccc1O2.CC(C)[NH2+]C(C)C. The molecule has 0 unspecified atom stereocenters. The van der Waals surface area contributed by atoms with Crippen molar-refractivity contribution in [2.45, 2.75) is 59.7 Å². The fraction of sp³-hybridized carbons (Fsp3) is 0.455. The Morgan fingerprint density at radius 3 is 1.18 bits per heavy atom. The summed E-state index contributed by atoms with van der Waals surface area (Å²) in [7, 11) is -3.98. The zero-order chi connectivity index (χ0) is 20.4. The summed E-state index contributed by atoms with van der Waals surface area (Å²) in [5, 5.41) is 2.33. The van der Waals surface area contributed by atoms with E-state index in [4.69, 9.17) is 17.7 Å². The second kappa shape index (κ2) is 7.68. The van der Waals surface area contributed by atoms with Crippen LogP contribution in [-0.2, 0) is 0 Å². The Bertz CT molecular complexity index is 703. The molecule has 0 atom stereocenters. The molecule has 4 rings (SSSR count). The van der Waals surface area contributed by atoms with Crippen LogP contribution in [0.3, 0.4) is 0 Å². The Hall–Kier alpha value is -2.18. The van der Waals surface area contributed by atoms with E-state index in [1.165, 1.54) is 0 Å². The van der Waals surface area contributed by atoms with E-state index in [1.54, 1.807) is 0 Å². The standard InChI is InChI=1S/C16H17O4Si.C6H15N/c1-12(2)11-21(17-13-7-3-4-8-14(13)18-21)19-15-9-5-6-10-16(15)20-21;1-5(2)7-6(3)4/h3-10,12H,11H2,1-2H3;5-7H,1-4H3/q-1;/p+1. The summed E-state index contributed by atoms with van der Waals surface area (Å²) >= 11 is 0. The van der Waals surface area contributed by atoms with Crippen molar-refractivity contribution in [3.63, 3.8) is 0 Å². The van der Waals surface area contributed by atoms with Gasteiger partial charge in [-0.25, -0.2) is 0 Å². The Morgan fingerprint density at radius 1 is 0.643 bits per heavy atom. The Morgan fingerprint density at radius 2 is 0.964 bits per heavy atom. The number of hydrogen-bond acceptors (Lipinski definition) is 4. The van der Waals surface area contributed by atoms with E-state index in [0.29, 0.717) is 35.0 Å². The second-order valence-electron chi connectivity index (χ2n) is 8.66. The largest absolute Gasteiger partial charge is 0.342 e. The molecule has 2 N–H and O–H groups in total. The number of benzene rings is 2. The first-order valence-corrected chi connectivity index (χ1v) is 12.5. The van der Waals surface area contributed by atoms with Crippen molar-refractivity contribution in [1.82, 2.24) is 0 Å². The third kappa shape index (κ3) is 4.28. The third-order valence-corrected chi connectivity index (χ3v) is 8.38. The average molecular weight is 404 g/mol. The minimum atomic E-state index is -3.98. The summed E-state index contributed by atoms with van der Waals surface area (Å²) in [6, 6.07) is 17.3. The van der Waals surface area contributed by atoms with Crippen molar-refractivity contribution in [2.24, 2.45) is 5.92 Å². The molecular formula is C22H33NO4Si. The molecule has 0 radical (unpaired) electrons. The van der Waals surface area contributed by atoms with Gasteiger partial charge in [0.1, 0.15) is 0 Å². The summed E-state index contributed by atoms with van der Waals surface area (Å²) in [6.45, 7) is 13.1. The normalized spacial score (nSPS) is 18.7. The molecule has 2 aliphatic rings. The van der Waals surface area contributed by atoms with E-state index in [1.807, 2.05) is 48.5 Å². The van der Waals surface area contributed by atoms with Crippen molar-refractivity contribution >= 4 is 8.33 Å². The van der Waals surface area contributed by atoms with Gasteiger partial charge in [-0.1, -0.05) is 0 Å². The van der Waals surface area contributed by atoms with E-state index in [-0.39, 0.29) is 0 Å². The van der Waals surface area contributed by atoms with E-state index in [0.717, 1.165) is 12.1 Å². The van der Waals surface area contributed by atoms with Crippen LogP contribution in [0.15, 0.2) is 48.5 Å². The van der Waals surface area contributed by atoms with Crippen LogP contribution in [0.1, 0.15) is 41.5 Å². The topological polar surface area (TPSA) is 53.5 Å². The molecule has 0 saturated heterocycles. The summed E-state index contributed by atoms with van der Waals surface area (Å²) in [5.74, 6) is 3.10. The summed E-state index contributed by atoms with van der Waals surface area (Å²) in [4.78, 5) is 0. The predicted octanol–water partition coefficient (Wildman–Crippen LogP) is 4.34. The number of hydrogen-bond donors (Lipinski definition) is 1. The minimum Gasteiger partial charge on any atom is -0.342 e. The van der Waals surface area contributed by atoms with Crippen LogP contribution >= 0.6 is 0 Å². The second-order valence-corrected chi connectivity index (χ2v) is 12.0. The first-order valence-electron chi connectivity index (χ1n) is 10.2. The molecule has 2 heterocycles. The molecule has 2 aromatic rings. The molecule has 0 bridgehead atoms. The molecule has 0 amide bonds. The zero-order valence-electron chi connectivity index (χ0n) is 17.8. The van der Waals surface area contributed by atoms with Gasteiger partial charge in [0, 0.05) is 0 Å². The maximum Gasteiger partial charge on any atom is 0.0803 e. The molecule has 5 nitrogen and oxygen atoms in total. The molecule has 0 saturated carbocycles. The average Bonchev–Trinajstić information content (AvgIpc) is 3.06. The monoisotopic (exact) mass is 403 g/mol. The fourth-order valence-electron chi connectivity index (χ4n) is 3.82. The van der Waals surface area contributed by atoms with Crippen molar-refractivity contribution in [2.75, 3.05) is 0 Å². The molecule has 154 valence electrons. The first-order chi connectivity index (χ1) is 13.2. The number of para-hydroxylation sites is 4. The van der Waals surface area contributed by atoms with Crippen LogP contribution in [0.2, 0.25) is 6.04 Å². The molecule has 0 aliphatic carbocycles. The van der Waals surface area contributed by atoms with E-state index >= 15 is 0 Å².